The van der Waals surface area contributed by atoms with Gasteiger partial charge < -0.3 is 9.47 Å². The van der Waals surface area contributed by atoms with E-state index < -0.39 is 27.7 Å². The highest BCUT2D eigenvalue weighted by Crippen LogP contribution is 2.07. The molecule has 7 heteroatoms. The minimum Gasteiger partial charge on any atom is -0.461 e. The van der Waals surface area contributed by atoms with E-state index >= 15 is 0 Å². The van der Waals surface area contributed by atoms with E-state index in [4.69, 9.17) is 21.1 Å². The standard InChI is InChI=1S/C9H13Br2ClO4/c1-5(10)8(13)15-4-7(3-12)16-9(14)6(2)11/h5-7H,3-4H2,1-2H3. The van der Waals surface area contributed by atoms with Crippen LogP contribution in [0.3, 0.4) is 0 Å². The Morgan fingerprint density at radius 1 is 1.19 bits per heavy atom. The second kappa shape index (κ2) is 8.31. The van der Waals surface area contributed by atoms with Crippen LogP contribution in [0.1, 0.15) is 13.8 Å². The molecule has 0 bridgehead atoms. The van der Waals surface area contributed by atoms with Crippen molar-refractivity contribution < 1.29 is 19.1 Å². The predicted molar refractivity (Wildman–Crippen MR) is 68.3 cm³/mol. The van der Waals surface area contributed by atoms with Crippen LogP contribution >= 0.6 is 43.5 Å². The molecule has 94 valence electrons. The van der Waals surface area contributed by atoms with E-state index in [9.17, 15) is 9.59 Å². The van der Waals surface area contributed by atoms with Crippen LogP contribution in [0, 0.1) is 0 Å². The zero-order chi connectivity index (χ0) is 12.7. The molecule has 0 fully saturated rings. The Bertz CT molecular complexity index is 246. The van der Waals surface area contributed by atoms with E-state index in [2.05, 4.69) is 31.9 Å². The lowest BCUT2D eigenvalue weighted by atomic mass is 10.4. The van der Waals surface area contributed by atoms with Crippen molar-refractivity contribution in [3.05, 3.63) is 0 Å². The van der Waals surface area contributed by atoms with Gasteiger partial charge in [0, 0.05) is 0 Å². The Kier molecular flexibility index (Phi) is 8.40. The normalized spacial score (nSPS) is 16.1. The quantitative estimate of drug-likeness (QED) is 0.524. The first kappa shape index (κ1) is 16.2. The molecule has 0 N–H and O–H groups in total. The van der Waals surface area contributed by atoms with Gasteiger partial charge in [0.25, 0.3) is 0 Å². The van der Waals surface area contributed by atoms with Gasteiger partial charge in [-0.25, -0.2) is 0 Å². The maximum absolute atomic E-state index is 11.2. The van der Waals surface area contributed by atoms with Gasteiger partial charge in [-0.2, -0.15) is 0 Å². The number of halogens is 3. The molecule has 0 aliphatic rings. The molecule has 0 aromatic carbocycles. The summed E-state index contributed by atoms with van der Waals surface area (Å²) >= 11 is 11.7. The van der Waals surface area contributed by atoms with Crippen LogP contribution in [-0.4, -0.2) is 40.2 Å². The van der Waals surface area contributed by atoms with E-state index in [1.165, 1.54) is 0 Å². The Labute approximate surface area is 116 Å². The van der Waals surface area contributed by atoms with Crippen molar-refractivity contribution in [1.29, 1.82) is 0 Å². The van der Waals surface area contributed by atoms with E-state index in [0.29, 0.717) is 0 Å². The molecule has 0 aromatic heterocycles. The number of alkyl halides is 3. The van der Waals surface area contributed by atoms with Crippen molar-refractivity contribution >= 4 is 55.4 Å². The monoisotopic (exact) mass is 378 g/mol. The average Bonchev–Trinajstić information content (AvgIpc) is 2.22. The summed E-state index contributed by atoms with van der Waals surface area (Å²) in [6, 6.07) is 0. The number of hydrogen-bond donors (Lipinski definition) is 0. The third-order valence-corrected chi connectivity index (χ3v) is 2.61. The summed E-state index contributed by atoms with van der Waals surface area (Å²) in [5.41, 5.74) is 0. The van der Waals surface area contributed by atoms with E-state index in [0.717, 1.165) is 0 Å². The number of rotatable bonds is 6. The number of ether oxygens (including phenoxy) is 2. The van der Waals surface area contributed by atoms with Gasteiger partial charge in [0.15, 0.2) is 0 Å². The lowest BCUT2D eigenvalue weighted by Gasteiger charge is -2.16. The smallest absolute Gasteiger partial charge is 0.319 e. The molecule has 0 aromatic rings. The van der Waals surface area contributed by atoms with Gasteiger partial charge in [0.1, 0.15) is 22.4 Å². The van der Waals surface area contributed by atoms with Gasteiger partial charge in [-0.1, -0.05) is 31.9 Å². The van der Waals surface area contributed by atoms with Crippen LogP contribution in [0.5, 0.6) is 0 Å². The van der Waals surface area contributed by atoms with Crippen LogP contribution in [0.15, 0.2) is 0 Å². The number of hydrogen-bond acceptors (Lipinski definition) is 4. The molecule has 0 rings (SSSR count). The minimum atomic E-state index is -0.621. The van der Waals surface area contributed by atoms with Crippen LogP contribution < -0.4 is 0 Å². The van der Waals surface area contributed by atoms with Crippen molar-refractivity contribution in [1.82, 2.24) is 0 Å². The van der Waals surface area contributed by atoms with Crippen LogP contribution in [0.25, 0.3) is 0 Å². The Hall–Kier alpha value is 0.190. The minimum absolute atomic E-state index is 0.0380. The summed E-state index contributed by atoms with van der Waals surface area (Å²) in [6.07, 6.45) is -0.621. The molecule has 0 aliphatic heterocycles. The van der Waals surface area contributed by atoms with Gasteiger partial charge >= 0.3 is 11.9 Å². The molecule has 0 spiro atoms. The summed E-state index contributed by atoms with van der Waals surface area (Å²) in [6.45, 7) is 3.24. The maximum Gasteiger partial charge on any atom is 0.319 e. The molecule has 0 saturated heterocycles. The van der Waals surface area contributed by atoms with Gasteiger partial charge in [-0.05, 0) is 13.8 Å². The van der Waals surface area contributed by atoms with Gasteiger partial charge in [-0.15, -0.1) is 11.6 Å². The first-order valence-corrected chi connectivity index (χ1v) is 6.96. The fraction of sp³-hybridized carbons (Fsp3) is 0.778. The molecule has 0 heterocycles. The predicted octanol–water partition coefficient (Wildman–Crippen LogP) is 2.25. The SMILES string of the molecule is CC(Br)C(=O)OCC(CCl)OC(=O)C(C)Br. The van der Waals surface area contributed by atoms with E-state index in [1.807, 2.05) is 0 Å². The van der Waals surface area contributed by atoms with E-state index in [-0.39, 0.29) is 12.5 Å². The highest BCUT2D eigenvalue weighted by Gasteiger charge is 2.20. The highest BCUT2D eigenvalue weighted by atomic mass is 79.9. The Morgan fingerprint density at radius 2 is 1.69 bits per heavy atom. The van der Waals surface area contributed by atoms with Crippen molar-refractivity contribution in [2.75, 3.05) is 12.5 Å². The zero-order valence-electron chi connectivity index (χ0n) is 8.91. The fourth-order valence-corrected chi connectivity index (χ4v) is 1.05. The second-order valence-electron chi connectivity index (χ2n) is 3.08. The molecule has 0 amide bonds. The fourth-order valence-electron chi connectivity index (χ4n) is 0.658. The number of carbonyl (C=O) groups excluding carboxylic acids is 2. The third kappa shape index (κ3) is 6.70. The van der Waals surface area contributed by atoms with Gasteiger partial charge in [0.2, 0.25) is 0 Å². The topological polar surface area (TPSA) is 52.6 Å². The molecule has 0 aliphatic carbocycles. The summed E-state index contributed by atoms with van der Waals surface area (Å²) in [7, 11) is 0. The highest BCUT2D eigenvalue weighted by molar-refractivity contribution is 9.10. The van der Waals surface area contributed by atoms with Crippen molar-refractivity contribution in [3.63, 3.8) is 0 Å². The molecular weight excluding hydrogens is 367 g/mol. The number of carbonyl (C=O) groups is 2. The zero-order valence-corrected chi connectivity index (χ0v) is 12.8. The lowest BCUT2D eigenvalue weighted by molar-refractivity contribution is -0.156. The molecule has 3 atom stereocenters. The first-order valence-electron chi connectivity index (χ1n) is 4.59. The van der Waals surface area contributed by atoms with Crippen molar-refractivity contribution in [3.8, 4) is 0 Å². The molecule has 0 saturated carbocycles. The molecule has 4 nitrogen and oxygen atoms in total. The number of esters is 2. The van der Waals surface area contributed by atoms with E-state index in [1.54, 1.807) is 13.8 Å². The van der Waals surface area contributed by atoms with Crippen molar-refractivity contribution in [2.45, 2.75) is 29.6 Å². The van der Waals surface area contributed by atoms with Gasteiger partial charge in [-0.3, -0.25) is 9.59 Å². The average molecular weight is 380 g/mol. The van der Waals surface area contributed by atoms with Gasteiger partial charge in [0.05, 0.1) is 5.88 Å². The van der Waals surface area contributed by atoms with Crippen LogP contribution in [0.2, 0.25) is 0 Å². The summed E-state index contributed by atoms with van der Waals surface area (Å²) in [5.74, 6) is -0.776. The maximum atomic E-state index is 11.2. The Balaban J connectivity index is 4.02. The Morgan fingerprint density at radius 3 is 2.06 bits per heavy atom. The molecule has 0 radical (unpaired) electrons. The summed E-state index contributed by atoms with van der Waals surface area (Å²) < 4.78 is 9.86. The van der Waals surface area contributed by atoms with Crippen LogP contribution in [0.4, 0.5) is 0 Å². The lowest BCUT2D eigenvalue weighted by Crippen LogP contribution is -2.30. The largest absolute Gasteiger partial charge is 0.461 e. The first-order chi connectivity index (χ1) is 7.38. The molecule has 16 heavy (non-hydrogen) atoms. The third-order valence-electron chi connectivity index (χ3n) is 1.52. The van der Waals surface area contributed by atoms with Crippen LogP contribution in [-0.2, 0) is 19.1 Å². The summed E-state index contributed by atoms with van der Waals surface area (Å²) in [5, 5.41) is 0. The summed E-state index contributed by atoms with van der Waals surface area (Å²) in [4.78, 5) is 21.5. The molecule has 3 unspecified atom stereocenters. The van der Waals surface area contributed by atoms with Crippen molar-refractivity contribution in [2.24, 2.45) is 0 Å². The molecular formula is C9H13Br2ClO4. The second-order valence-corrected chi connectivity index (χ2v) is 6.13.